The summed E-state index contributed by atoms with van der Waals surface area (Å²) in [6.07, 6.45) is 2.12. The molecule has 1 aromatic heterocycles. The zero-order valence-electron chi connectivity index (χ0n) is 12.3. The summed E-state index contributed by atoms with van der Waals surface area (Å²) in [6, 6.07) is 7.96. The first kappa shape index (κ1) is 14.1. The number of nitrogens with one attached hydrogen (secondary N) is 1. The Balaban J connectivity index is 1.81. The minimum Gasteiger partial charge on any atom is -0.477 e. The lowest BCUT2D eigenvalue weighted by atomic mass is 10.0. The molecule has 1 N–H and O–H groups in total. The zero-order chi connectivity index (χ0) is 14.5. The lowest BCUT2D eigenvalue weighted by Crippen LogP contribution is -2.21. The first-order chi connectivity index (χ1) is 10.4. The molecule has 2 aromatic rings. The Hall–Kier alpha value is -1.88. The van der Waals surface area contributed by atoms with Crippen molar-refractivity contribution in [2.24, 2.45) is 5.92 Å². The molecule has 5 heteroatoms. The fourth-order valence-electron chi connectivity index (χ4n) is 2.50. The van der Waals surface area contributed by atoms with Gasteiger partial charge in [0.15, 0.2) is 0 Å². The molecule has 0 unspecified atom stereocenters. The molecule has 1 aliphatic heterocycles. The van der Waals surface area contributed by atoms with Crippen LogP contribution < -0.4 is 10.1 Å². The normalized spacial score (nSPS) is 16.0. The Morgan fingerprint density at radius 2 is 2.05 bits per heavy atom. The molecule has 0 spiro atoms. The van der Waals surface area contributed by atoms with Crippen molar-refractivity contribution < 1.29 is 9.47 Å². The second-order valence-corrected chi connectivity index (χ2v) is 5.27. The van der Waals surface area contributed by atoms with Gasteiger partial charge in [-0.2, -0.15) is 4.98 Å². The molecular formula is C16H21N3O2. The van der Waals surface area contributed by atoms with Gasteiger partial charge in [-0.05, 0) is 37.8 Å². The number of fused-ring (bicyclic) bond motifs is 1. The maximum Gasteiger partial charge on any atom is 0.226 e. The highest BCUT2D eigenvalue weighted by atomic mass is 16.5. The highest BCUT2D eigenvalue weighted by molar-refractivity contribution is 5.84. The Morgan fingerprint density at radius 1 is 1.24 bits per heavy atom. The van der Waals surface area contributed by atoms with Crippen molar-refractivity contribution in [3.63, 3.8) is 0 Å². The molecule has 1 aromatic carbocycles. The number of rotatable bonds is 5. The fourth-order valence-corrected chi connectivity index (χ4v) is 2.50. The lowest BCUT2D eigenvalue weighted by molar-refractivity contribution is 0.0493. The molecule has 112 valence electrons. The van der Waals surface area contributed by atoms with Gasteiger partial charge in [0, 0.05) is 19.8 Å². The number of hydrogen-bond donors (Lipinski definition) is 1. The van der Waals surface area contributed by atoms with E-state index < -0.39 is 0 Å². The molecule has 0 aliphatic carbocycles. The maximum absolute atomic E-state index is 6.00. The van der Waals surface area contributed by atoms with Gasteiger partial charge in [0.25, 0.3) is 0 Å². The van der Waals surface area contributed by atoms with Crippen LogP contribution in [0.1, 0.15) is 19.8 Å². The van der Waals surface area contributed by atoms with E-state index in [1.54, 1.807) is 0 Å². The van der Waals surface area contributed by atoms with Gasteiger partial charge in [0.1, 0.15) is 0 Å². The van der Waals surface area contributed by atoms with E-state index in [1.165, 1.54) is 0 Å². The summed E-state index contributed by atoms with van der Waals surface area (Å²) in [5.41, 5.74) is 0.908. The average Bonchev–Trinajstić information content (AvgIpc) is 2.54. The Kier molecular flexibility index (Phi) is 4.50. The number of ether oxygens (including phenoxy) is 2. The molecule has 0 radical (unpaired) electrons. The van der Waals surface area contributed by atoms with Crippen LogP contribution in [-0.2, 0) is 4.74 Å². The number of nitrogens with zero attached hydrogens (tertiary/aromatic N) is 2. The number of hydrogen-bond acceptors (Lipinski definition) is 5. The third-order valence-electron chi connectivity index (χ3n) is 3.70. The van der Waals surface area contributed by atoms with Crippen LogP contribution in [0.2, 0.25) is 0 Å². The topological polar surface area (TPSA) is 56.3 Å². The summed E-state index contributed by atoms with van der Waals surface area (Å²) in [6.45, 7) is 5.18. The van der Waals surface area contributed by atoms with Crippen LogP contribution in [-0.4, -0.2) is 36.3 Å². The van der Waals surface area contributed by atoms with E-state index >= 15 is 0 Å². The molecular weight excluding hydrogens is 266 g/mol. The Labute approximate surface area is 124 Å². The molecule has 1 fully saturated rings. The van der Waals surface area contributed by atoms with Gasteiger partial charge in [-0.1, -0.05) is 12.1 Å². The first-order valence-electron chi connectivity index (χ1n) is 7.58. The maximum atomic E-state index is 6.00. The third kappa shape index (κ3) is 3.42. The van der Waals surface area contributed by atoms with Crippen molar-refractivity contribution in [2.45, 2.75) is 19.8 Å². The molecule has 5 nitrogen and oxygen atoms in total. The highest BCUT2D eigenvalue weighted by Gasteiger charge is 2.16. The summed E-state index contributed by atoms with van der Waals surface area (Å²) in [4.78, 5) is 9.00. The molecule has 0 saturated carbocycles. The van der Waals surface area contributed by atoms with Crippen molar-refractivity contribution in [1.29, 1.82) is 0 Å². The SMILES string of the molecule is CCNc1nc(OCC2CCOCC2)c2ccccc2n1. The average molecular weight is 287 g/mol. The van der Waals surface area contributed by atoms with Gasteiger partial charge >= 0.3 is 0 Å². The third-order valence-corrected chi connectivity index (χ3v) is 3.70. The van der Waals surface area contributed by atoms with Gasteiger partial charge < -0.3 is 14.8 Å². The zero-order valence-corrected chi connectivity index (χ0v) is 12.3. The predicted octanol–water partition coefficient (Wildman–Crippen LogP) is 2.87. The quantitative estimate of drug-likeness (QED) is 0.916. The van der Waals surface area contributed by atoms with E-state index in [-0.39, 0.29) is 0 Å². The van der Waals surface area contributed by atoms with E-state index in [4.69, 9.17) is 9.47 Å². The van der Waals surface area contributed by atoms with Crippen LogP contribution in [0.5, 0.6) is 5.88 Å². The summed E-state index contributed by atoms with van der Waals surface area (Å²) < 4.78 is 11.4. The number of anilines is 1. The minimum absolute atomic E-state index is 0.551. The Bertz CT molecular complexity index is 597. The molecule has 0 bridgehead atoms. The smallest absolute Gasteiger partial charge is 0.226 e. The molecule has 1 saturated heterocycles. The molecule has 0 amide bonds. The standard InChI is InChI=1S/C16H21N3O2/c1-2-17-16-18-14-6-4-3-5-13(14)15(19-16)21-11-12-7-9-20-10-8-12/h3-6,12H,2,7-11H2,1H3,(H,17,18,19). The molecule has 21 heavy (non-hydrogen) atoms. The summed E-state index contributed by atoms with van der Waals surface area (Å²) in [5, 5.41) is 4.12. The molecule has 1 aliphatic rings. The van der Waals surface area contributed by atoms with Crippen molar-refractivity contribution in [3.05, 3.63) is 24.3 Å². The Morgan fingerprint density at radius 3 is 2.86 bits per heavy atom. The number of aromatic nitrogens is 2. The largest absolute Gasteiger partial charge is 0.477 e. The van der Waals surface area contributed by atoms with Gasteiger partial charge in [-0.3, -0.25) is 0 Å². The number of para-hydroxylation sites is 1. The van der Waals surface area contributed by atoms with Crippen LogP contribution in [0.4, 0.5) is 5.95 Å². The van der Waals surface area contributed by atoms with Crippen molar-refractivity contribution in [3.8, 4) is 5.88 Å². The van der Waals surface area contributed by atoms with E-state index in [1.807, 2.05) is 31.2 Å². The van der Waals surface area contributed by atoms with Crippen molar-refractivity contribution in [1.82, 2.24) is 9.97 Å². The molecule has 3 rings (SSSR count). The highest BCUT2D eigenvalue weighted by Crippen LogP contribution is 2.25. The van der Waals surface area contributed by atoms with Gasteiger partial charge in [0.05, 0.1) is 17.5 Å². The van der Waals surface area contributed by atoms with Gasteiger partial charge in [-0.15, -0.1) is 0 Å². The van der Waals surface area contributed by atoms with Crippen LogP contribution in [0.15, 0.2) is 24.3 Å². The molecule has 0 atom stereocenters. The van der Waals surface area contributed by atoms with Gasteiger partial charge in [-0.25, -0.2) is 4.98 Å². The second kappa shape index (κ2) is 6.72. The lowest BCUT2D eigenvalue weighted by Gasteiger charge is -2.22. The van der Waals surface area contributed by atoms with Crippen LogP contribution in [0.25, 0.3) is 10.9 Å². The first-order valence-corrected chi connectivity index (χ1v) is 7.58. The summed E-state index contributed by atoms with van der Waals surface area (Å²) in [5.74, 6) is 1.84. The van der Waals surface area contributed by atoms with E-state index in [9.17, 15) is 0 Å². The molecule has 2 heterocycles. The summed E-state index contributed by atoms with van der Waals surface area (Å²) in [7, 11) is 0. The summed E-state index contributed by atoms with van der Waals surface area (Å²) >= 11 is 0. The van der Waals surface area contributed by atoms with Gasteiger partial charge in [0.2, 0.25) is 11.8 Å². The predicted molar refractivity (Wildman–Crippen MR) is 82.7 cm³/mol. The monoisotopic (exact) mass is 287 g/mol. The van der Waals surface area contributed by atoms with E-state index in [2.05, 4.69) is 15.3 Å². The second-order valence-electron chi connectivity index (χ2n) is 5.27. The van der Waals surface area contributed by atoms with Crippen molar-refractivity contribution >= 4 is 16.9 Å². The fraction of sp³-hybridized carbons (Fsp3) is 0.500. The van der Waals surface area contributed by atoms with Crippen LogP contribution >= 0.6 is 0 Å². The van der Waals surface area contributed by atoms with E-state index in [0.29, 0.717) is 24.4 Å². The van der Waals surface area contributed by atoms with Crippen molar-refractivity contribution in [2.75, 3.05) is 31.7 Å². The van der Waals surface area contributed by atoms with E-state index in [0.717, 1.165) is 43.5 Å². The van der Waals surface area contributed by atoms with Crippen LogP contribution in [0, 0.1) is 5.92 Å². The minimum atomic E-state index is 0.551. The van der Waals surface area contributed by atoms with Crippen LogP contribution in [0.3, 0.4) is 0 Å². The number of benzene rings is 1.